The number of carbonyl (C=O) groups excluding carboxylic acids is 1. The summed E-state index contributed by atoms with van der Waals surface area (Å²) < 4.78 is 1.73. The van der Waals surface area contributed by atoms with Gasteiger partial charge in [-0.3, -0.25) is 4.79 Å². The third-order valence-corrected chi connectivity index (χ3v) is 4.12. The number of halogens is 1. The van der Waals surface area contributed by atoms with Crippen LogP contribution in [0.4, 0.5) is 5.69 Å². The normalized spacial score (nSPS) is 10.5. The maximum Gasteiger partial charge on any atom is 0.239 e. The summed E-state index contributed by atoms with van der Waals surface area (Å²) in [5, 5.41) is 10.9. The Labute approximate surface area is 151 Å². The molecule has 0 saturated heterocycles. The molecule has 128 valence electrons. The zero-order chi connectivity index (χ0) is 17.6. The molecular weight excluding hydrogens is 336 g/mol. The first-order chi connectivity index (χ1) is 12.1. The zero-order valence-corrected chi connectivity index (χ0v) is 14.6. The van der Waals surface area contributed by atoms with Crippen molar-refractivity contribution in [2.24, 2.45) is 0 Å². The highest BCUT2D eigenvalue weighted by molar-refractivity contribution is 6.31. The van der Waals surface area contributed by atoms with Crippen LogP contribution in [-0.4, -0.2) is 22.2 Å². The largest absolute Gasteiger partial charge is 0.374 e. The first kappa shape index (κ1) is 17.0. The van der Waals surface area contributed by atoms with E-state index < -0.39 is 0 Å². The zero-order valence-electron chi connectivity index (χ0n) is 13.9. The molecule has 1 aromatic heterocycles. The van der Waals surface area contributed by atoms with Crippen LogP contribution < -0.4 is 10.6 Å². The lowest BCUT2D eigenvalue weighted by molar-refractivity contribution is -0.119. The Morgan fingerprint density at radius 2 is 2.04 bits per heavy atom. The van der Waals surface area contributed by atoms with Crippen LogP contribution in [0.2, 0.25) is 5.02 Å². The highest BCUT2D eigenvalue weighted by Gasteiger charge is 2.08. The molecule has 25 heavy (non-hydrogen) atoms. The number of rotatable bonds is 6. The lowest BCUT2D eigenvalue weighted by Gasteiger charge is -2.13. The molecule has 1 amide bonds. The summed E-state index contributed by atoms with van der Waals surface area (Å²) in [4.78, 5) is 12.2. The molecule has 6 heteroatoms. The Balaban J connectivity index is 1.62. The predicted molar refractivity (Wildman–Crippen MR) is 100 cm³/mol. The molecule has 0 fully saturated rings. The molecule has 3 aromatic rings. The standard InChI is InChI=1S/C19H19ClN4O/c1-14-5-2-3-6-15(14)12-22-19(25)13-21-17-11-16(20)7-8-18(17)24-10-4-9-23-24/h2-11,21H,12-13H2,1H3,(H,22,25). The smallest absolute Gasteiger partial charge is 0.239 e. The third kappa shape index (κ3) is 4.39. The number of nitrogens with zero attached hydrogens (tertiary/aromatic N) is 2. The van der Waals surface area contributed by atoms with E-state index in [-0.39, 0.29) is 12.5 Å². The van der Waals surface area contributed by atoms with Crippen LogP contribution in [0, 0.1) is 6.92 Å². The van der Waals surface area contributed by atoms with Gasteiger partial charge in [0, 0.05) is 24.0 Å². The minimum atomic E-state index is -0.0883. The molecule has 5 nitrogen and oxygen atoms in total. The van der Waals surface area contributed by atoms with Gasteiger partial charge in [-0.05, 0) is 42.3 Å². The number of carbonyl (C=O) groups is 1. The number of benzene rings is 2. The second-order valence-electron chi connectivity index (χ2n) is 5.67. The van der Waals surface area contributed by atoms with Crippen molar-refractivity contribution in [2.45, 2.75) is 13.5 Å². The van der Waals surface area contributed by atoms with E-state index in [1.165, 1.54) is 0 Å². The van der Waals surface area contributed by atoms with Gasteiger partial charge in [-0.15, -0.1) is 0 Å². The van der Waals surface area contributed by atoms with Crippen molar-refractivity contribution in [3.05, 3.63) is 77.1 Å². The van der Waals surface area contributed by atoms with E-state index in [0.29, 0.717) is 11.6 Å². The Morgan fingerprint density at radius 1 is 1.20 bits per heavy atom. The van der Waals surface area contributed by atoms with Gasteiger partial charge in [-0.1, -0.05) is 35.9 Å². The number of hydrogen-bond donors (Lipinski definition) is 2. The van der Waals surface area contributed by atoms with E-state index in [2.05, 4.69) is 15.7 Å². The van der Waals surface area contributed by atoms with E-state index in [1.807, 2.05) is 49.5 Å². The monoisotopic (exact) mass is 354 g/mol. The topological polar surface area (TPSA) is 59.0 Å². The molecule has 0 atom stereocenters. The molecule has 0 aliphatic carbocycles. The van der Waals surface area contributed by atoms with Crippen LogP contribution in [-0.2, 0) is 11.3 Å². The maximum absolute atomic E-state index is 12.2. The van der Waals surface area contributed by atoms with Crippen LogP contribution in [0.25, 0.3) is 5.69 Å². The molecule has 0 aliphatic heterocycles. The van der Waals surface area contributed by atoms with Crippen LogP contribution in [0.15, 0.2) is 60.9 Å². The maximum atomic E-state index is 12.2. The summed E-state index contributed by atoms with van der Waals surface area (Å²) in [7, 11) is 0. The second-order valence-corrected chi connectivity index (χ2v) is 6.11. The number of hydrogen-bond acceptors (Lipinski definition) is 3. The molecule has 2 aromatic carbocycles. The fourth-order valence-corrected chi connectivity index (χ4v) is 2.67. The summed E-state index contributed by atoms with van der Waals surface area (Å²) in [5.74, 6) is -0.0883. The summed E-state index contributed by atoms with van der Waals surface area (Å²) in [6, 6.07) is 15.3. The number of anilines is 1. The lowest BCUT2D eigenvalue weighted by Crippen LogP contribution is -2.29. The van der Waals surface area contributed by atoms with Gasteiger partial charge in [-0.2, -0.15) is 5.10 Å². The minimum absolute atomic E-state index is 0.0883. The van der Waals surface area contributed by atoms with Gasteiger partial charge >= 0.3 is 0 Å². The highest BCUT2D eigenvalue weighted by atomic mass is 35.5. The molecule has 0 unspecified atom stereocenters. The minimum Gasteiger partial charge on any atom is -0.374 e. The van der Waals surface area contributed by atoms with E-state index in [4.69, 9.17) is 11.6 Å². The third-order valence-electron chi connectivity index (χ3n) is 3.89. The molecule has 2 N–H and O–H groups in total. The summed E-state index contributed by atoms with van der Waals surface area (Å²) in [6.45, 7) is 2.69. The fourth-order valence-electron chi connectivity index (χ4n) is 2.50. The average Bonchev–Trinajstić information content (AvgIpc) is 3.13. The predicted octanol–water partition coefficient (Wildman–Crippen LogP) is 3.56. The van der Waals surface area contributed by atoms with Gasteiger partial charge in [0.2, 0.25) is 5.91 Å². The number of nitrogens with one attached hydrogen (secondary N) is 2. The van der Waals surface area contributed by atoms with Crippen molar-refractivity contribution >= 4 is 23.2 Å². The van der Waals surface area contributed by atoms with Gasteiger partial charge in [0.1, 0.15) is 0 Å². The molecule has 1 heterocycles. The molecule has 3 rings (SSSR count). The Kier molecular flexibility index (Phi) is 5.36. The number of amides is 1. The summed E-state index contributed by atoms with van der Waals surface area (Å²) in [5.41, 5.74) is 3.85. The Hall–Kier alpha value is -2.79. The van der Waals surface area contributed by atoms with E-state index in [0.717, 1.165) is 22.5 Å². The number of aromatic nitrogens is 2. The van der Waals surface area contributed by atoms with Crippen molar-refractivity contribution in [3.63, 3.8) is 0 Å². The summed E-state index contributed by atoms with van der Waals surface area (Å²) >= 11 is 6.08. The highest BCUT2D eigenvalue weighted by Crippen LogP contribution is 2.23. The number of aryl methyl sites for hydroxylation is 1. The van der Waals surface area contributed by atoms with Crippen molar-refractivity contribution in [3.8, 4) is 5.69 Å². The first-order valence-electron chi connectivity index (χ1n) is 7.98. The first-order valence-corrected chi connectivity index (χ1v) is 8.36. The molecule has 0 bridgehead atoms. The van der Waals surface area contributed by atoms with E-state index in [9.17, 15) is 4.79 Å². The molecule has 0 spiro atoms. The molecule has 0 radical (unpaired) electrons. The van der Waals surface area contributed by atoms with Crippen molar-refractivity contribution in [1.29, 1.82) is 0 Å². The van der Waals surface area contributed by atoms with Crippen LogP contribution in [0.5, 0.6) is 0 Å². The molecule has 0 aliphatic rings. The fraction of sp³-hybridized carbons (Fsp3) is 0.158. The second kappa shape index (κ2) is 7.85. The average molecular weight is 355 g/mol. The molecule has 0 saturated carbocycles. The van der Waals surface area contributed by atoms with Crippen LogP contribution >= 0.6 is 11.6 Å². The van der Waals surface area contributed by atoms with Crippen molar-refractivity contribution < 1.29 is 4.79 Å². The SMILES string of the molecule is Cc1ccccc1CNC(=O)CNc1cc(Cl)ccc1-n1cccn1. The Morgan fingerprint density at radius 3 is 2.80 bits per heavy atom. The Bertz CT molecular complexity index is 862. The molecular formula is C19H19ClN4O. The van der Waals surface area contributed by atoms with Gasteiger partial charge < -0.3 is 10.6 Å². The van der Waals surface area contributed by atoms with E-state index >= 15 is 0 Å². The van der Waals surface area contributed by atoms with Gasteiger partial charge in [-0.25, -0.2) is 4.68 Å². The van der Waals surface area contributed by atoms with Crippen LogP contribution in [0.3, 0.4) is 0 Å². The van der Waals surface area contributed by atoms with Gasteiger partial charge in [0.05, 0.1) is 17.9 Å². The van der Waals surface area contributed by atoms with E-state index in [1.54, 1.807) is 23.0 Å². The van der Waals surface area contributed by atoms with Crippen molar-refractivity contribution in [2.75, 3.05) is 11.9 Å². The van der Waals surface area contributed by atoms with Gasteiger partial charge in [0.25, 0.3) is 0 Å². The van der Waals surface area contributed by atoms with Crippen LogP contribution in [0.1, 0.15) is 11.1 Å². The lowest BCUT2D eigenvalue weighted by atomic mass is 10.1. The quantitative estimate of drug-likeness (QED) is 0.711. The summed E-state index contributed by atoms with van der Waals surface area (Å²) in [6.07, 6.45) is 3.54. The van der Waals surface area contributed by atoms with Crippen molar-refractivity contribution in [1.82, 2.24) is 15.1 Å². The van der Waals surface area contributed by atoms with Gasteiger partial charge in [0.15, 0.2) is 0 Å².